The first-order chi connectivity index (χ1) is 9.63. The second-order valence-corrected chi connectivity index (χ2v) is 7.11. The Morgan fingerprint density at radius 1 is 1.20 bits per heavy atom. The van der Waals surface area contributed by atoms with Crippen LogP contribution < -0.4 is 5.32 Å². The van der Waals surface area contributed by atoms with Crippen LogP contribution >= 0.6 is 0 Å². The molecular formula is C18H28N2. The number of fused-ring (bicyclic) bond motifs is 1. The van der Waals surface area contributed by atoms with Gasteiger partial charge in [-0.05, 0) is 43.2 Å². The van der Waals surface area contributed by atoms with Gasteiger partial charge < -0.3 is 5.32 Å². The van der Waals surface area contributed by atoms with Gasteiger partial charge in [-0.2, -0.15) is 0 Å². The molecule has 3 rings (SSSR count). The molecule has 1 saturated heterocycles. The number of rotatable bonds is 3. The van der Waals surface area contributed by atoms with Crippen molar-refractivity contribution in [1.82, 2.24) is 10.2 Å². The van der Waals surface area contributed by atoms with Crippen LogP contribution in [0.5, 0.6) is 0 Å². The zero-order valence-corrected chi connectivity index (χ0v) is 13.1. The Hall–Kier alpha value is -0.860. The van der Waals surface area contributed by atoms with Gasteiger partial charge in [-0.3, -0.25) is 4.90 Å². The third-order valence-corrected chi connectivity index (χ3v) is 4.95. The molecule has 2 atom stereocenters. The molecule has 0 bridgehead atoms. The molecule has 2 unspecified atom stereocenters. The van der Waals surface area contributed by atoms with E-state index < -0.39 is 0 Å². The second-order valence-electron chi connectivity index (χ2n) is 7.11. The van der Waals surface area contributed by atoms with Crippen LogP contribution in [0.2, 0.25) is 0 Å². The van der Waals surface area contributed by atoms with Crippen molar-refractivity contribution in [2.24, 2.45) is 5.92 Å². The second kappa shape index (κ2) is 5.87. The Morgan fingerprint density at radius 2 is 1.85 bits per heavy atom. The molecule has 1 aliphatic heterocycles. The molecule has 1 aliphatic carbocycles. The maximum Gasteiger partial charge on any atom is 0.0198 e. The Morgan fingerprint density at radius 3 is 2.45 bits per heavy atom. The first-order valence-corrected chi connectivity index (χ1v) is 8.19. The maximum absolute atomic E-state index is 3.73. The highest BCUT2D eigenvalue weighted by Crippen LogP contribution is 2.28. The lowest BCUT2D eigenvalue weighted by atomic mass is 9.98. The number of piperazine rings is 1. The summed E-state index contributed by atoms with van der Waals surface area (Å²) in [5, 5.41) is 3.73. The summed E-state index contributed by atoms with van der Waals surface area (Å²) in [6.45, 7) is 9.40. The summed E-state index contributed by atoms with van der Waals surface area (Å²) < 4.78 is 0. The molecule has 20 heavy (non-hydrogen) atoms. The summed E-state index contributed by atoms with van der Waals surface area (Å²) in [6, 6.07) is 11.1. The molecule has 0 radical (unpaired) electrons. The van der Waals surface area contributed by atoms with Gasteiger partial charge in [0, 0.05) is 31.2 Å². The molecule has 0 aromatic heterocycles. The van der Waals surface area contributed by atoms with Crippen molar-refractivity contribution in [3.05, 3.63) is 35.4 Å². The van der Waals surface area contributed by atoms with Gasteiger partial charge in [-0.25, -0.2) is 0 Å². The van der Waals surface area contributed by atoms with Crippen molar-refractivity contribution in [3.8, 4) is 0 Å². The molecule has 0 saturated carbocycles. The van der Waals surface area contributed by atoms with Crippen molar-refractivity contribution in [1.29, 1.82) is 0 Å². The van der Waals surface area contributed by atoms with Gasteiger partial charge in [0.05, 0.1) is 0 Å². The molecule has 1 aromatic rings. The standard InChI is InChI=1S/C18H28N2/c1-13(2)8-17-12-20(14(3)11-19-17)18-9-15-6-4-5-7-16(15)10-18/h4-7,13-14,17-19H,8-12H2,1-3H3. The Kier molecular flexibility index (Phi) is 4.13. The summed E-state index contributed by atoms with van der Waals surface area (Å²) in [5.74, 6) is 0.781. The van der Waals surface area contributed by atoms with Gasteiger partial charge in [-0.15, -0.1) is 0 Å². The van der Waals surface area contributed by atoms with Crippen LogP contribution in [0.15, 0.2) is 24.3 Å². The van der Waals surface area contributed by atoms with E-state index in [4.69, 9.17) is 0 Å². The van der Waals surface area contributed by atoms with E-state index in [0.717, 1.165) is 18.5 Å². The molecule has 1 N–H and O–H groups in total. The van der Waals surface area contributed by atoms with Crippen molar-refractivity contribution in [2.75, 3.05) is 13.1 Å². The smallest absolute Gasteiger partial charge is 0.0198 e. The predicted molar refractivity (Wildman–Crippen MR) is 85.1 cm³/mol. The highest BCUT2D eigenvalue weighted by molar-refractivity contribution is 5.33. The first-order valence-electron chi connectivity index (χ1n) is 8.19. The van der Waals surface area contributed by atoms with Crippen molar-refractivity contribution in [2.45, 2.75) is 58.2 Å². The van der Waals surface area contributed by atoms with Crippen molar-refractivity contribution < 1.29 is 0 Å². The van der Waals surface area contributed by atoms with Crippen LogP contribution in [0.1, 0.15) is 38.3 Å². The van der Waals surface area contributed by atoms with Crippen molar-refractivity contribution >= 4 is 0 Å². The zero-order chi connectivity index (χ0) is 14.1. The zero-order valence-electron chi connectivity index (χ0n) is 13.1. The van der Waals surface area contributed by atoms with E-state index in [0.29, 0.717) is 12.1 Å². The van der Waals surface area contributed by atoms with Crippen LogP contribution in [0.25, 0.3) is 0 Å². The normalized spacial score (nSPS) is 28.0. The molecule has 0 spiro atoms. The Labute approximate surface area is 123 Å². The average molecular weight is 272 g/mol. The highest BCUT2D eigenvalue weighted by atomic mass is 15.3. The van der Waals surface area contributed by atoms with Crippen LogP contribution in [0.3, 0.4) is 0 Å². The Bertz CT molecular complexity index is 429. The minimum Gasteiger partial charge on any atom is -0.311 e. The number of hydrogen-bond donors (Lipinski definition) is 1. The first kappa shape index (κ1) is 14.1. The SMILES string of the molecule is CC(C)CC1CN(C2Cc3ccccc3C2)C(C)CN1. The lowest BCUT2D eigenvalue weighted by Crippen LogP contribution is -2.59. The monoisotopic (exact) mass is 272 g/mol. The highest BCUT2D eigenvalue weighted by Gasteiger charge is 2.33. The largest absolute Gasteiger partial charge is 0.311 e. The van der Waals surface area contributed by atoms with E-state index in [1.807, 2.05) is 0 Å². The molecule has 1 heterocycles. The summed E-state index contributed by atoms with van der Waals surface area (Å²) in [5.41, 5.74) is 3.15. The number of benzene rings is 1. The molecule has 0 amide bonds. The van der Waals surface area contributed by atoms with E-state index in [1.54, 1.807) is 11.1 Å². The van der Waals surface area contributed by atoms with Gasteiger partial charge in [0.25, 0.3) is 0 Å². The molecular weight excluding hydrogens is 244 g/mol. The summed E-state index contributed by atoms with van der Waals surface area (Å²) >= 11 is 0. The topological polar surface area (TPSA) is 15.3 Å². The molecule has 2 heteroatoms. The number of hydrogen-bond acceptors (Lipinski definition) is 2. The minimum atomic E-state index is 0.665. The van der Waals surface area contributed by atoms with Gasteiger partial charge in [0.1, 0.15) is 0 Å². The van der Waals surface area contributed by atoms with Gasteiger partial charge in [-0.1, -0.05) is 38.1 Å². The Balaban J connectivity index is 1.67. The summed E-state index contributed by atoms with van der Waals surface area (Å²) in [7, 11) is 0. The van der Waals surface area contributed by atoms with Crippen molar-refractivity contribution in [3.63, 3.8) is 0 Å². The van der Waals surface area contributed by atoms with Gasteiger partial charge in [0.2, 0.25) is 0 Å². The summed E-state index contributed by atoms with van der Waals surface area (Å²) in [6.07, 6.45) is 3.78. The van der Waals surface area contributed by atoms with E-state index in [2.05, 4.69) is 55.3 Å². The van der Waals surface area contributed by atoms with E-state index in [1.165, 1.54) is 25.8 Å². The lowest BCUT2D eigenvalue weighted by Gasteiger charge is -2.42. The minimum absolute atomic E-state index is 0.665. The summed E-state index contributed by atoms with van der Waals surface area (Å²) in [4.78, 5) is 2.77. The molecule has 1 aromatic carbocycles. The van der Waals surface area contributed by atoms with Gasteiger partial charge in [0.15, 0.2) is 0 Å². The third-order valence-electron chi connectivity index (χ3n) is 4.95. The molecule has 2 aliphatic rings. The van der Waals surface area contributed by atoms with Crippen LogP contribution in [-0.2, 0) is 12.8 Å². The fraction of sp³-hybridized carbons (Fsp3) is 0.667. The van der Waals surface area contributed by atoms with E-state index >= 15 is 0 Å². The van der Waals surface area contributed by atoms with Crippen LogP contribution in [0, 0.1) is 5.92 Å². The average Bonchev–Trinajstić information content (AvgIpc) is 2.84. The lowest BCUT2D eigenvalue weighted by molar-refractivity contribution is 0.0887. The third kappa shape index (κ3) is 2.91. The van der Waals surface area contributed by atoms with E-state index in [9.17, 15) is 0 Å². The molecule has 2 nitrogen and oxygen atoms in total. The van der Waals surface area contributed by atoms with E-state index in [-0.39, 0.29) is 0 Å². The number of nitrogens with zero attached hydrogens (tertiary/aromatic N) is 1. The number of nitrogens with one attached hydrogen (secondary N) is 1. The quantitative estimate of drug-likeness (QED) is 0.910. The van der Waals surface area contributed by atoms with Crippen LogP contribution in [-0.4, -0.2) is 36.1 Å². The molecule has 110 valence electrons. The molecule has 1 fully saturated rings. The predicted octanol–water partition coefficient (Wildman–Crippen LogP) is 2.86. The fourth-order valence-electron chi connectivity index (χ4n) is 3.96. The van der Waals surface area contributed by atoms with Gasteiger partial charge >= 0.3 is 0 Å². The van der Waals surface area contributed by atoms with Crippen LogP contribution in [0.4, 0.5) is 0 Å². The maximum atomic E-state index is 3.73. The fourth-order valence-corrected chi connectivity index (χ4v) is 3.96.